The summed E-state index contributed by atoms with van der Waals surface area (Å²) >= 11 is 0. The lowest BCUT2D eigenvalue weighted by molar-refractivity contribution is -0.0257. The third-order valence-corrected chi connectivity index (χ3v) is 3.33. The molecule has 148 valence electrons. The molecule has 0 atom stereocenters. The number of hydrogen-bond acceptors (Lipinski definition) is 7. The van der Waals surface area contributed by atoms with Gasteiger partial charge in [-0.25, -0.2) is 4.79 Å². The van der Waals surface area contributed by atoms with E-state index < -0.39 is 11.8 Å². The Hall–Kier alpha value is -1.67. The van der Waals surface area contributed by atoms with Gasteiger partial charge in [0.15, 0.2) is 0 Å². The molecule has 0 amide bonds. The molecule has 0 aliphatic heterocycles. The summed E-state index contributed by atoms with van der Waals surface area (Å²) in [6.07, 6.45) is -0.171. The van der Waals surface area contributed by atoms with Crippen LogP contribution in [-0.2, 0) is 23.7 Å². The molecule has 0 aliphatic rings. The van der Waals surface area contributed by atoms with Gasteiger partial charge >= 0.3 is 6.16 Å². The quantitative estimate of drug-likeness (QED) is 0.283. The van der Waals surface area contributed by atoms with E-state index >= 15 is 0 Å². The minimum atomic E-state index is -0.724. The fraction of sp³-hybridized carbons (Fsp3) is 0.632. The fourth-order valence-electron chi connectivity index (χ4n) is 1.88. The van der Waals surface area contributed by atoms with Crippen molar-refractivity contribution in [3.8, 4) is 5.75 Å². The molecule has 0 heterocycles. The van der Waals surface area contributed by atoms with Crippen LogP contribution in [0.15, 0.2) is 30.3 Å². The summed E-state index contributed by atoms with van der Waals surface area (Å²) < 4.78 is 31.5. The summed E-state index contributed by atoms with van der Waals surface area (Å²) in [5.74, 6) is 0.452. The molecule has 26 heavy (non-hydrogen) atoms. The number of carbonyl (C=O) groups excluding carboxylic acids is 1. The van der Waals surface area contributed by atoms with Gasteiger partial charge in [-0.2, -0.15) is 0 Å². The highest BCUT2D eigenvalue weighted by Gasteiger charge is 2.24. The molecule has 0 aromatic heterocycles. The van der Waals surface area contributed by atoms with Gasteiger partial charge < -0.3 is 28.4 Å². The highest BCUT2D eigenvalue weighted by molar-refractivity contribution is 5.64. The van der Waals surface area contributed by atoms with Crippen LogP contribution in [0.25, 0.3) is 0 Å². The first-order valence-electron chi connectivity index (χ1n) is 8.71. The normalized spacial score (nSPS) is 11.3. The van der Waals surface area contributed by atoms with Gasteiger partial charge in [-0.05, 0) is 26.0 Å². The van der Waals surface area contributed by atoms with E-state index in [1.165, 1.54) is 0 Å². The molecule has 0 saturated heterocycles. The van der Waals surface area contributed by atoms with Crippen molar-refractivity contribution in [2.45, 2.75) is 25.9 Å². The van der Waals surface area contributed by atoms with E-state index in [-0.39, 0.29) is 0 Å². The molecule has 1 aromatic rings. The monoisotopic (exact) mass is 370 g/mol. The van der Waals surface area contributed by atoms with Crippen molar-refractivity contribution in [3.63, 3.8) is 0 Å². The van der Waals surface area contributed by atoms with Gasteiger partial charge in [0.1, 0.15) is 11.4 Å². The molecule has 0 radical (unpaired) electrons. The summed E-state index contributed by atoms with van der Waals surface area (Å²) in [7, 11) is 1.63. The SMILES string of the molecule is COCCOCCOCCOCCC(C)(C)OC(=O)Oc1ccccc1. The van der Waals surface area contributed by atoms with Gasteiger partial charge in [0.25, 0.3) is 0 Å². The summed E-state index contributed by atoms with van der Waals surface area (Å²) in [5, 5.41) is 0. The minimum Gasteiger partial charge on any atom is -0.428 e. The van der Waals surface area contributed by atoms with Gasteiger partial charge in [0.05, 0.1) is 46.2 Å². The Morgan fingerprint density at radius 2 is 1.38 bits per heavy atom. The molecule has 0 unspecified atom stereocenters. The van der Waals surface area contributed by atoms with Gasteiger partial charge in [-0.15, -0.1) is 0 Å². The van der Waals surface area contributed by atoms with E-state index in [0.717, 1.165) is 0 Å². The molecule has 0 aliphatic carbocycles. The van der Waals surface area contributed by atoms with Crippen LogP contribution in [0.4, 0.5) is 4.79 Å². The van der Waals surface area contributed by atoms with Crippen molar-refractivity contribution >= 4 is 6.16 Å². The van der Waals surface area contributed by atoms with Crippen LogP contribution in [0.5, 0.6) is 5.75 Å². The van der Waals surface area contributed by atoms with E-state index in [1.54, 1.807) is 31.4 Å². The summed E-state index contributed by atoms with van der Waals surface area (Å²) in [4.78, 5) is 11.8. The second kappa shape index (κ2) is 13.5. The predicted octanol–water partition coefficient (Wildman–Crippen LogP) is 3.07. The number of benzene rings is 1. The summed E-state index contributed by atoms with van der Waals surface area (Å²) in [6, 6.07) is 8.81. The van der Waals surface area contributed by atoms with E-state index in [1.807, 2.05) is 19.9 Å². The number of methoxy groups -OCH3 is 1. The molecule has 0 fully saturated rings. The molecule has 1 aromatic carbocycles. The second-order valence-electron chi connectivity index (χ2n) is 6.11. The zero-order chi connectivity index (χ0) is 19.1. The van der Waals surface area contributed by atoms with Crippen LogP contribution in [0.1, 0.15) is 20.3 Å². The largest absolute Gasteiger partial charge is 0.514 e. The van der Waals surface area contributed by atoms with Gasteiger partial charge in [0, 0.05) is 13.5 Å². The Morgan fingerprint density at radius 3 is 1.96 bits per heavy atom. The molecular formula is C19H30O7. The highest BCUT2D eigenvalue weighted by Crippen LogP contribution is 2.17. The molecule has 0 saturated carbocycles. The lowest BCUT2D eigenvalue weighted by Crippen LogP contribution is -2.31. The average molecular weight is 370 g/mol. The van der Waals surface area contributed by atoms with E-state index in [2.05, 4.69) is 0 Å². The number of para-hydroxylation sites is 1. The summed E-state index contributed by atoms with van der Waals surface area (Å²) in [5.41, 5.74) is -0.679. The van der Waals surface area contributed by atoms with Crippen molar-refractivity contribution < 1.29 is 33.2 Å². The van der Waals surface area contributed by atoms with Crippen LogP contribution in [-0.4, -0.2) is 65.1 Å². The van der Waals surface area contributed by atoms with E-state index in [9.17, 15) is 4.79 Å². The first kappa shape index (κ1) is 22.4. The Morgan fingerprint density at radius 1 is 0.846 bits per heavy atom. The first-order valence-corrected chi connectivity index (χ1v) is 8.71. The Balaban J connectivity index is 2.02. The van der Waals surface area contributed by atoms with Crippen LogP contribution >= 0.6 is 0 Å². The van der Waals surface area contributed by atoms with Crippen LogP contribution in [0, 0.1) is 0 Å². The van der Waals surface area contributed by atoms with Crippen molar-refractivity contribution in [1.29, 1.82) is 0 Å². The van der Waals surface area contributed by atoms with Crippen molar-refractivity contribution in [2.24, 2.45) is 0 Å². The lowest BCUT2D eigenvalue weighted by atomic mass is 10.1. The zero-order valence-electron chi connectivity index (χ0n) is 15.9. The number of hydrogen-bond donors (Lipinski definition) is 0. The van der Waals surface area contributed by atoms with E-state index in [0.29, 0.717) is 58.4 Å². The second-order valence-corrected chi connectivity index (χ2v) is 6.11. The Kier molecular flexibility index (Phi) is 11.6. The predicted molar refractivity (Wildman–Crippen MR) is 96.6 cm³/mol. The smallest absolute Gasteiger partial charge is 0.428 e. The van der Waals surface area contributed by atoms with Crippen molar-refractivity contribution in [1.82, 2.24) is 0 Å². The highest BCUT2D eigenvalue weighted by atomic mass is 16.7. The van der Waals surface area contributed by atoms with Gasteiger partial charge in [0.2, 0.25) is 0 Å². The maximum atomic E-state index is 11.8. The van der Waals surface area contributed by atoms with Crippen LogP contribution in [0.2, 0.25) is 0 Å². The Labute approximate surface area is 155 Å². The number of rotatable bonds is 14. The van der Waals surface area contributed by atoms with Crippen LogP contribution in [0.3, 0.4) is 0 Å². The van der Waals surface area contributed by atoms with Gasteiger partial charge in [-0.1, -0.05) is 18.2 Å². The van der Waals surface area contributed by atoms with Crippen LogP contribution < -0.4 is 4.74 Å². The number of ether oxygens (including phenoxy) is 6. The van der Waals surface area contributed by atoms with Gasteiger partial charge in [-0.3, -0.25) is 0 Å². The van der Waals surface area contributed by atoms with E-state index in [4.69, 9.17) is 28.4 Å². The first-order chi connectivity index (χ1) is 12.5. The number of carbonyl (C=O) groups is 1. The maximum Gasteiger partial charge on any atom is 0.514 e. The molecule has 0 spiro atoms. The van der Waals surface area contributed by atoms with Crippen molar-refractivity contribution in [2.75, 3.05) is 53.4 Å². The molecule has 1 rings (SSSR count). The van der Waals surface area contributed by atoms with Crippen molar-refractivity contribution in [3.05, 3.63) is 30.3 Å². The zero-order valence-corrected chi connectivity index (χ0v) is 15.9. The topological polar surface area (TPSA) is 72.5 Å². The average Bonchev–Trinajstić information content (AvgIpc) is 2.60. The third-order valence-electron chi connectivity index (χ3n) is 3.33. The Bertz CT molecular complexity index is 476. The maximum absolute atomic E-state index is 11.8. The molecular weight excluding hydrogens is 340 g/mol. The standard InChI is InChI=1S/C19H30O7/c1-19(2,26-18(20)25-17-7-5-4-6-8-17)9-10-22-13-14-24-16-15-23-12-11-21-3/h4-8H,9-16H2,1-3H3. The molecule has 0 N–H and O–H groups in total. The molecule has 7 heteroatoms. The molecule has 0 bridgehead atoms. The summed E-state index contributed by atoms with van der Waals surface area (Å²) in [6.45, 7) is 7.26. The molecule has 7 nitrogen and oxygen atoms in total. The lowest BCUT2D eigenvalue weighted by Gasteiger charge is -2.24. The minimum absolute atomic E-state index is 0.452. The fourth-order valence-corrected chi connectivity index (χ4v) is 1.88. The third kappa shape index (κ3) is 11.8.